The van der Waals surface area contributed by atoms with Gasteiger partial charge < -0.3 is 10.4 Å². The number of rotatable bonds is 5. The van der Waals surface area contributed by atoms with Gasteiger partial charge in [-0.25, -0.2) is 8.78 Å². The van der Waals surface area contributed by atoms with E-state index in [0.717, 1.165) is 17.5 Å². The minimum atomic E-state index is -1.00. The van der Waals surface area contributed by atoms with Crippen molar-refractivity contribution in [2.24, 2.45) is 0 Å². The van der Waals surface area contributed by atoms with Gasteiger partial charge in [0.25, 0.3) is 5.91 Å². The third kappa shape index (κ3) is 3.97. The van der Waals surface area contributed by atoms with Crippen LogP contribution in [0.5, 0.6) is 0 Å². The Morgan fingerprint density at radius 2 is 1.96 bits per heavy atom. The molecule has 2 N–H and O–H groups in total. The summed E-state index contributed by atoms with van der Waals surface area (Å²) in [5.74, 6) is -1.82. The Kier molecular flexibility index (Phi) is 5.00. The summed E-state index contributed by atoms with van der Waals surface area (Å²) >= 11 is 0. The maximum absolute atomic E-state index is 13.6. The molecule has 3 aromatic rings. The SMILES string of the molecule is O=C(NC[C@H](O)Cc1ccc(F)cc1F)c1nccc2ccccc12. The van der Waals surface area contributed by atoms with E-state index in [-0.39, 0.29) is 24.2 Å². The average Bonchev–Trinajstić information content (AvgIpc) is 2.61. The molecule has 128 valence electrons. The second-order valence-corrected chi connectivity index (χ2v) is 5.68. The minimum Gasteiger partial charge on any atom is -0.391 e. The fourth-order valence-corrected chi connectivity index (χ4v) is 2.61. The smallest absolute Gasteiger partial charge is 0.270 e. The topological polar surface area (TPSA) is 62.2 Å². The van der Waals surface area contributed by atoms with Crippen LogP contribution in [0.2, 0.25) is 0 Å². The Morgan fingerprint density at radius 1 is 1.16 bits per heavy atom. The number of aliphatic hydroxyl groups excluding tert-OH is 1. The molecule has 0 radical (unpaired) electrons. The lowest BCUT2D eigenvalue weighted by molar-refractivity contribution is 0.0912. The van der Waals surface area contributed by atoms with Crippen LogP contribution in [0.4, 0.5) is 8.78 Å². The Balaban J connectivity index is 1.65. The summed E-state index contributed by atoms with van der Waals surface area (Å²) in [5, 5.41) is 14.2. The lowest BCUT2D eigenvalue weighted by atomic mass is 10.1. The van der Waals surface area contributed by atoms with Crippen LogP contribution in [0, 0.1) is 11.6 Å². The summed E-state index contributed by atoms with van der Waals surface area (Å²) in [6.07, 6.45) is 0.510. The highest BCUT2D eigenvalue weighted by atomic mass is 19.1. The van der Waals surface area contributed by atoms with Crippen LogP contribution in [-0.2, 0) is 6.42 Å². The van der Waals surface area contributed by atoms with Crippen molar-refractivity contribution in [3.8, 4) is 0 Å². The molecule has 0 saturated carbocycles. The van der Waals surface area contributed by atoms with E-state index in [0.29, 0.717) is 5.39 Å². The Morgan fingerprint density at radius 3 is 2.76 bits per heavy atom. The number of nitrogens with zero attached hydrogens (tertiary/aromatic N) is 1. The normalized spacial score (nSPS) is 12.1. The Hall–Kier alpha value is -2.86. The average molecular weight is 342 g/mol. The molecule has 0 aliphatic heterocycles. The fraction of sp³-hybridized carbons (Fsp3) is 0.158. The van der Waals surface area contributed by atoms with Crippen molar-refractivity contribution in [1.82, 2.24) is 10.3 Å². The maximum Gasteiger partial charge on any atom is 0.270 e. The molecule has 4 nitrogen and oxygen atoms in total. The van der Waals surface area contributed by atoms with Gasteiger partial charge in [0.05, 0.1) is 6.10 Å². The molecule has 1 atom stereocenters. The van der Waals surface area contributed by atoms with Gasteiger partial charge in [-0.15, -0.1) is 0 Å². The van der Waals surface area contributed by atoms with Crippen LogP contribution in [-0.4, -0.2) is 28.6 Å². The first kappa shape index (κ1) is 17.0. The standard InChI is InChI=1S/C19H16F2N2O2/c20-14-6-5-13(17(21)10-14)9-15(24)11-23-19(25)18-16-4-2-1-3-12(16)7-8-22-18/h1-8,10,15,24H,9,11H2,(H,23,25)/t15-/m1/s1. The van der Waals surface area contributed by atoms with Gasteiger partial charge in [0.2, 0.25) is 0 Å². The van der Waals surface area contributed by atoms with Gasteiger partial charge in [-0.1, -0.05) is 30.3 Å². The number of aliphatic hydroxyl groups is 1. The molecular weight excluding hydrogens is 326 g/mol. The van der Waals surface area contributed by atoms with Crippen molar-refractivity contribution in [1.29, 1.82) is 0 Å². The van der Waals surface area contributed by atoms with E-state index in [1.54, 1.807) is 18.3 Å². The van der Waals surface area contributed by atoms with Gasteiger partial charge in [0.1, 0.15) is 17.3 Å². The highest BCUT2D eigenvalue weighted by Crippen LogP contribution is 2.16. The second-order valence-electron chi connectivity index (χ2n) is 5.68. The Labute approximate surface area is 143 Å². The van der Waals surface area contributed by atoms with Gasteiger partial charge in [0.15, 0.2) is 0 Å². The van der Waals surface area contributed by atoms with Gasteiger partial charge in [-0.3, -0.25) is 9.78 Å². The molecule has 6 heteroatoms. The monoisotopic (exact) mass is 342 g/mol. The number of fused-ring (bicyclic) bond motifs is 1. The molecule has 0 saturated heterocycles. The molecule has 1 aromatic heterocycles. The number of nitrogens with one attached hydrogen (secondary N) is 1. The summed E-state index contributed by atoms with van der Waals surface area (Å²) in [7, 11) is 0. The lowest BCUT2D eigenvalue weighted by Gasteiger charge is -2.13. The van der Waals surface area contributed by atoms with Crippen molar-refractivity contribution in [3.05, 3.63) is 77.6 Å². The lowest BCUT2D eigenvalue weighted by Crippen LogP contribution is -2.33. The molecule has 0 aliphatic carbocycles. The van der Waals surface area contributed by atoms with E-state index in [1.807, 2.05) is 18.2 Å². The first-order valence-electron chi connectivity index (χ1n) is 7.78. The minimum absolute atomic E-state index is 0.0324. The van der Waals surface area contributed by atoms with Crippen molar-refractivity contribution in [3.63, 3.8) is 0 Å². The number of aromatic nitrogens is 1. The first-order valence-corrected chi connectivity index (χ1v) is 7.78. The van der Waals surface area contributed by atoms with Crippen molar-refractivity contribution in [2.45, 2.75) is 12.5 Å². The number of carbonyl (C=O) groups excluding carboxylic acids is 1. The Bertz CT molecular complexity index is 910. The molecule has 0 spiro atoms. The predicted octanol–water partition coefficient (Wildman–Crippen LogP) is 2.85. The zero-order valence-corrected chi connectivity index (χ0v) is 13.2. The molecular formula is C19H16F2N2O2. The van der Waals surface area contributed by atoms with Gasteiger partial charge in [-0.05, 0) is 23.1 Å². The molecule has 0 aliphatic rings. The van der Waals surface area contributed by atoms with Crippen LogP contribution < -0.4 is 5.32 Å². The van der Waals surface area contributed by atoms with Crippen molar-refractivity contribution >= 4 is 16.7 Å². The van der Waals surface area contributed by atoms with Crippen molar-refractivity contribution < 1.29 is 18.7 Å². The summed E-state index contributed by atoms with van der Waals surface area (Å²) in [5.41, 5.74) is 0.449. The number of halogens is 2. The van der Waals surface area contributed by atoms with E-state index in [1.165, 1.54) is 6.07 Å². The van der Waals surface area contributed by atoms with Crippen LogP contribution >= 0.6 is 0 Å². The number of hydrogen-bond acceptors (Lipinski definition) is 3. The largest absolute Gasteiger partial charge is 0.391 e. The summed E-state index contributed by atoms with van der Waals surface area (Å²) in [4.78, 5) is 16.4. The van der Waals surface area contributed by atoms with Crippen LogP contribution in [0.3, 0.4) is 0 Å². The molecule has 0 unspecified atom stereocenters. The zero-order chi connectivity index (χ0) is 17.8. The third-order valence-corrected chi connectivity index (χ3v) is 3.86. The summed E-state index contributed by atoms with van der Waals surface area (Å²) in [6.45, 7) is -0.0689. The van der Waals surface area contributed by atoms with Crippen molar-refractivity contribution in [2.75, 3.05) is 6.54 Å². The molecule has 0 fully saturated rings. The van der Waals surface area contributed by atoms with E-state index in [2.05, 4.69) is 10.3 Å². The van der Waals surface area contributed by atoms with E-state index in [9.17, 15) is 18.7 Å². The summed E-state index contributed by atoms with van der Waals surface area (Å²) in [6, 6.07) is 12.3. The van der Waals surface area contributed by atoms with E-state index >= 15 is 0 Å². The predicted molar refractivity (Wildman–Crippen MR) is 90.1 cm³/mol. The molecule has 1 amide bonds. The zero-order valence-electron chi connectivity index (χ0n) is 13.2. The summed E-state index contributed by atoms with van der Waals surface area (Å²) < 4.78 is 26.5. The van der Waals surface area contributed by atoms with Gasteiger partial charge in [-0.2, -0.15) is 0 Å². The van der Waals surface area contributed by atoms with Crippen LogP contribution in [0.15, 0.2) is 54.7 Å². The first-order chi connectivity index (χ1) is 12.0. The molecule has 2 aromatic carbocycles. The number of benzene rings is 2. The number of pyridine rings is 1. The van der Waals surface area contributed by atoms with Crippen LogP contribution in [0.1, 0.15) is 16.1 Å². The number of carbonyl (C=O) groups is 1. The fourth-order valence-electron chi connectivity index (χ4n) is 2.61. The van der Waals surface area contributed by atoms with Gasteiger partial charge >= 0.3 is 0 Å². The second kappa shape index (κ2) is 7.36. The number of hydrogen-bond donors (Lipinski definition) is 2. The molecule has 0 bridgehead atoms. The highest BCUT2D eigenvalue weighted by Gasteiger charge is 2.15. The molecule has 1 heterocycles. The quantitative estimate of drug-likeness (QED) is 0.749. The van der Waals surface area contributed by atoms with E-state index in [4.69, 9.17) is 0 Å². The van der Waals surface area contributed by atoms with Crippen LogP contribution in [0.25, 0.3) is 10.8 Å². The highest BCUT2D eigenvalue weighted by molar-refractivity contribution is 6.05. The molecule has 25 heavy (non-hydrogen) atoms. The maximum atomic E-state index is 13.6. The van der Waals surface area contributed by atoms with Gasteiger partial charge in [0, 0.05) is 30.6 Å². The number of amides is 1. The third-order valence-electron chi connectivity index (χ3n) is 3.86. The molecule has 3 rings (SSSR count). The van der Waals surface area contributed by atoms with E-state index < -0.39 is 23.6 Å².